The molecule has 0 bridgehead atoms. The van der Waals surface area contributed by atoms with Crippen LogP contribution < -0.4 is 15.4 Å². The summed E-state index contributed by atoms with van der Waals surface area (Å²) in [4.78, 5) is 26.9. The van der Waals surface area contributed by atoms with Gasteiger partial charge in [0.25, 0.3) is 0 Å². The molecule has 2 aromatic rings. The number of carbonyl (C=O) groups is 2. The molecule has 0 atom stereocenters. The molecule has 0 aliphatic rings. The SMILES string of the molecule is COc1ccc(NC(=O)Nc2cccnc2)c(C(=O)O)c1. The van der Waals surface area contributed by atoms with Crippen molar-refractivity contribution in [3.05, 3.63) is 48.3 Å². The molecule has 0 spiro atoms. The van der Waals surface area contributed by atoms with Crippen LogP contribution in [0.5, 0.6) is 5.75 Å². The van der Waals surface area contributed by atoms with Crippen molar-refractivity contribution in [3.8, 4) is 5.75 Å². The highest BCUT2D eigenvalue weighted by Gasteiger charge is 2.13. The molecule has 0 aliphatic carbocycles. The van der Waals surface area contributed by atoms with Crippen LogP contribution in [0.1, 0.15) is 10.4 Å². The Morgan fingerprint density at radius 1 is 1.24 bits per heavy atom. The van der Waals surface area contributed by atoms with E-state index in [0.717, 1.165) is 0 Å². The first-order valence-electron chi connectivity index (χ1n) is 5.99. The summed E-state index contributed by atoms with van der Waals surface area (Å²) < 4.78 is 4.96. The number of rotatable bonds is 4. The van der Waals surface area contributed by atoms with Gasteiger partial charge in [0.15, 0.2) is 0 Å². The summed E-state index contributed by atoms with van der Waals surface area (Å²) in [5.41, 5.74) is 0.612. The van der Waals surface area contributed by atoms with Crippen molar-refractivity contribution in [2.75, 3.05) is 17.7 Å². The Hall–Kier alpha value is -3.09. The van der Waals surface area contributed by atoms with Gasteiger partial charge in [0.1, 0.15) is 5.75 Å². The summed E-state index contributed by atoms with van der Waals surface area (Å²) in [7, 11) is 1.43. The van der Waals surface area contributed by atoms with Gasteiger partial charge in [-0.15, -0.1) is 0 Å². The van der Waals surface area contributed by atoms with E-state index in [2.05, 4.69) is 15.6 Å². The molecule has 0 saturated carbocycles. The van der Waals surface area contributed by atoms with Crippen LogP contribution in [0.4, 0.5) is 16.2 Å². The van der Waals surface area contributed by atoms with Gasteiger partial charge in [-0.25, -0.2) is 9.59 Å². The predicted octanol–water partition coefficient (Wildman–Crippen LogP) is 2.43. The van der Waals surface area contributed by atoms with Crippen molar-refractivity contribution in [1.82, 2.24) is 4.98 Å². The van der Waals surface area contributed by atoms with Crippen molar-refractivity contribution in [1.29, 1.82) is 0 Å². The number of benzene rings is 1. The van der Waals surface area contributed by atoms with Crippen molar-refractivity contribution in [3.63, 3.8) is 0 Å². The van der Waals surface area contributed by atoms with Crippen molar-refractivity contribution < 1.29 is 19.4 Å². The van der Waals surface area contributed by atoms with E-state index in [1.807, 2.05) is 0 Å². The molecule has 0 radical (unpaired) electrons. The fraction of sp³-hybridized carbons (Fsp3) is 0.0714. The molecule has 1 aromatic carbocycles. The first-order valence-corrected chi connectivity index (χ1v) is 5.99. The van der Waals surface area contributed by atoms with E-state index >= 15 is 0 Å². The van der Waals surface area contributed by atoms with Gasteiger partial charge in [0, 0.05) is 6.20 Å². The standard InChI is InChI=1S/C14H13N3O4/c1-21-10-4-5-12(11(7-10)13(18)19)17-14(20)16-9-3-2-6-15-8-9/h2-8H,1H3,(H,18,19)(H2,16,17,20). The Morgan fingerprint density at radius 3 is 2.67 bits per heavy atom. The number of hydrogen-bond donors (Lipinski definition) is 3. The van der Waals surface area contributed by atoms with E-state index in [4.69, 9.17) is 9.84 Å². The molecule has 7 nitrogen and oxygen atoms in total. The lowest BCUT2D eigenvalue weighted by molar-refractivity contribution is 0.0697. The first kappa shape index (κ1) is 14.3. The summed E-state index contributed by atoms with van der Waals surface area (Å²) in [6.07, 6.45) is 3.06. The van der Waals surface area contributed by atoms with Gasteiger partial charge in [-0.05, 0) is 30.3 Å². The molecule has 108 valence electrons. The Kier molecular flexibility index (Phi) is 4.35. The Labute approximate surface area is 120 Å². The second kappa shape index (κ2) is 6.38. The van der Waals surface area contributed by atoms with Crippen LogP contribution in [-0.4, -0.2) is 29.2 Å². The minimum absolute atomic E-state index is 0.0595. The third-order valence-electron chi connectivity index (χ3n) is 2.62. The maximum Gasteiger partial charge on any atom is 0.337 e. The van der Waals surface area contributed by atoms with Gasteiger partial charge < -0.3 is 20.5 Å². The van der Waals surface area contributed by atoms with Gasteiger partial charge >= 0.3 is 12.0 Å². The molecule has 7 heteroatoms. The number of nitrogens with one attached hydrogen (secondary N) is 2. The molecule has 3 N–H and O–H groups in total. The maximum absolute atomic E-state index is 11.8. The number of urea groups is 1. The molecular weight excluding hydrogens is 274 g/mol. The van der Waals surface area contributed by atoms with Gasteiger partial charge in [0.2, 0.25) is 0 Å². The number of carbonyl (C=O) groups excluding carboxylic acids is 1. The topological polar surface area (TPSA) is 101 Å². The van der Waals surface area contributed by atoms with Crippen LogP contribution in [0.25, 0.3) is 0 Å². The lowest BCUT2D eigenvalue weighted by Crippen LogP contribution is -2.21. The molecule has 0 aliphatic heterocycles. The highest BCUT2D eigenvalue weighted by molar-refractivity contribution is 6.04. The number of pyridine rings is 1. The fourth-order valence-electron chi connectivity index (χ4n) is 1.66. The van der Waals surface area contributed by atoms with E-state index in [9.17, 15) is 9.59 Å². The summed E-state index contributed by atoms with van der Waals surface area (Å²) in [5.74, 6) is -0.767. The molecular formula is C14H13N3O4. The summed E-state index contributed by atoms with van der Waals surface area (Å²) >= 11 is 0. The van der Waals surface area contributed by atoms with Gasteiger partial charge in [-0.1, -0.05) is 0 Å². The molecule has 2 rings (SSSR count). The molecule has 0 fully saturated rings. The third-order valence-corrected chi connectivity index (χ3v) is 2.62. The van der Waals surface area contributed by atoms with Gasteiger partial charge in [-0.2, -0.15) is 0 Å². The number of hydrogen-bond acceptors (Lipinski definition) is 4. The zero-order chi connectivity index (χ0) is 15.2. The molecule has 0 saturated heterocycles. The van der Waals surface area contributed by atoms with Crippen LogP contribution >= 0.6 is 0 Å². The number of aromatic nitrogens is 1. The third kappa shape index (κ3) is 3.69. The van der Waals surface area contributed by atoms with Crippen molar-refractivity contribution in [2.45, 2.75) is 0 Å². The Morgan fingerprint density at radius 2 is 2.05 bits per heavy atom. The molecule has 1 aromatic heterocycles. The number of ether oxygens (including phenoxy) is 1. The molecule has 1 heterocycles. The number of methoxy groups -OCH3 is 1. The van der Waals surface area contributed by atoms with Gasteiger partial charge in [-0.3, -0.25) is 4.98 Å². The minimum Gasteiger partial charge on any atom is -0.497 e. The zero-order valence-electron chi connectivity index (χ0n) is 11.2. The van der Waals surface area contributed by atoms with E-state index in [-0.39, 0.29) is 11.3 Å². The van der Waals surface area contributed by atoms with Crippen LogP contribution in [-0.2, 0) is 0 Å². The highest BCUT2D eigenvalue weighted by atomic mass is 16.5. The van der Waals surface area contributed by atoms with E-state index in [1.165, 1.54) is 25.4 Å². The minimum atomic E-state index is -1.16. The number of carboxylic acids is 1. The Balaban J connectivity index is 2.15. The van der Waals surface area contributed by atoms with E-state index < -0.39 is 12.0 Å². The average molecular weight is 287 g/mol. The summed E-state index contributed by atoms with van der Waals surface area (Å²) in [5, 5.41) is 14.2. The summed E-state index contributed by atoms with van der Waals surface area (Å²) in [6, 6.07) is 7.14. The summed E-state index contributed by atoms with van der Waals surface area (Å²) in [6.45, 7) is 0. The quantitative estimate of drug-likeness (QED) is 0.801. The number of carboxylic acid groups (broad SMARTS) is 1. The van der Waals surface area contributed by atoms with Crippen LogP contribution in [0.3, 0.4) is 0 Å². The van der Waals surface area contributed by atoms with Crippen LogP contribution in [0.2, 0.25) is 0 Å². The monoisotopic (exact) mass is 287 g/mol. The number of anilines is 2. The van der Waals surface area contributed by atoms with Crippen molar-refractivity contribution in [2.24, 2.45) is 0 Å². The second-order valence-electron chi connectivity index (χ2n) is 4.04. The largest absolute Gasteiger partial charge is 0.497 e. The molecule has 2 amide bonds. The van der Waals surface area contributed by atoms with E-state index in [1.54, 1.807) is 24.4 Å². The predicted molar refractivity (Wildman–Crippen MR) is 76.8 cm³/mol. The Bertz CT molecular complexity index is 659. The zero-order valence-corrected chi connectivity index (χ0v) is 11.2. The first-order chi connectivity index (χ1) is 10.1. The number of nitrogens with zero attached hydrogens (tertiary/aromatic N) is 1. The number of aromatic carboxylic acids is 1. The average Bonchev–Trinajstić information content (AvgIpc) is 2.48. The van der Waals surface area contributed by atoms with Crippen molar-refractivity contribution >= 4 is 23.4 Å². The number of amides is 2. The lowest BCUT2D eigenvalue weighted by Gasteiger charge is -2.11. The van der Waals surface area contributed by atoms with E-state index in [0.29, 0.717) is 11.4 Å². The molecule has 0 unspecified atom stereocenters. The normalized spacial score (nSPS) is 9.76. The fourth-order valence-corrected chi connectivity index (χ4v) is 1.66. The smallest absolute Gasteiger partial charge is 0.337 e. The maximum atomic E-state index is 11.8. The van der Waals surface area contributed by atoms with Gasteiger partial charge in [0.05, 0.1) is 30.2 Å². The highest BCUT2D eigenvalue weighted by Crippen LogP contribution is 2.22. The van der Waals surface area contributed by atoms with Crippen LogP contribution in [0.15, 0.2) is 42.7 Å². The lowest BCUT2D eigenvalue weighted by atomic mass is 10.1. The second-order valence-corrected chi connectivity index (χ2v) is 4.04. The van der Waals surface area contributed by atoms with Crippen LogP contribution in [0, 0.1) is 0 Å². The molecule has 21 heavy (non-hydrogen) atoms.